The lowest BCUT2D eigenvalue weighted by Gasteiger charge is -2.15. The van der Waals surface area contributed by atoms with E-state index in [1.165, 1.54) is 0 Å². The molecule has 2 fully saturated rings. The fraction of sp³-hybridized carbons (Fsp3) is 0. The van der Waals surface area contributed by atoms with E-state index >= 15 is 0 Å². The molecule has 13 heteroatoms. The number of nitrogens with one attached hydrogen (secondary N) is 4. The molecule has 2 aliphatic heterocycles. The van der Waals surface area contributed by atoms with Crippen molar-refractivity contribution >= 4 is 55.9 Å². The topological polar surface area (TPSA) is 102 Å². The van der Waals surface area contributed by atoms with Crippen molar-refractivity contribution in [2.24, 2.45) is 0 Å². The van der Waals surface area contributed by atoms with Gasteiger partial charge in [-0.05, 0) is 73.0 Å². The minimum Gasteiger partial charge on any atom is -0.508 e. The molecule has 2 aromatic rings. The van der Waals surface area contributed by atoms with Crippen LogP contribution in [-0.4, -0.2) is 39.8 Å². The summed E-state index contributed by atoms with van der Waals surface area (Å²) in [5, 5.41) is 23.4. The lowest BCUT2D eigenvalue weighted by molar-refractivity contribution is 0.287. The number of aromatic hydroxyl groups is 2. The van der Waals surface area contributed by atoms with Crippen molar-refractivity contribution < 1.29 is 10.2 Å². The van der Waals surface area contributed by atoms with Gasteiger partial charge in [-0.15, -0.1) is 0 Å². The molecule has 0 saturated carbocycles. The van der Waals surface area contributed by atoms with Crippen molar-refractivity contribution in [3.63, 3.8) is 0 Å². The van der Waals surface area contributed by atoms with Crippen molar-refractivity contribution in [2.45, 2.75) is 0 Å². The number of hydrazine groups is 6. The van der Waals surface area contributed by atoms with E-state index < -0.39 is 0 Å². The third-order valence-corrected chi connectivity index (χ3v) is 5.25. The van der Waals surface area contributed by atoms with Crippen molar-refractivity contribution in [1.82, 2.24) is 31.5 Å². The van der Waals surface area contributed by atoms with Crippen LogP contribution in [0.1, 0.15) is 0 Å². The number of phenolic OH excluding ortho intramolecular Hbond substituents is 2. The summed E-state index contributed by atoms with van der Waals surface area (Å²) in [4.78, 5) is 3.51. The Morgan fingerprint density at radius 1 is 0.667 bits per heavy atom. The number of nitrogens with zero attached hydrogens (tertiary/aromatic N) is 4. The van der Waals surface area contributed by atoms with Crippen LogP contribution in [0.3, 0.4) is 0 Å². The molecule has 10 nitrogen and oxygen atoms in total. The lowest BCUT2D eigenvalue weighted by atomic mass is 10.3. The molecule has 2 aromatic carbocycles. The third-order valence-electron chi connectivity index (χ3n) is 3.70. The van der Waals surface area contributed by atoms with Crippen molar-refractivity contribution in [2.75, 3.05) is 10.0 Å². The second kappa shape index (κ2) is 7.24. The van der Waals surface area contributed by atoms with Gasteiger partial charge in [0.05, 0.1) is 11.4 Å². The van der Waals surface area contributed by atoms with Crippen molar-refractivity contribution in [3.05, 3.63) is 48.5 Å². The summed E-state index contributed by atoms with van der Waals surface area (Å²) in [6.07, 6.45) is 0. The first-order chi connectivity index (χ1) is 13.0. The number of hydrogen-bond acceptors (Lipinski definition) is 8. The predicted molar refractivity (Wildman–Crippen MR) is 108 cm³/mol. The SMILES string of the molecule is Oc1ccc(N2C(=S)NNN2[Si+2]N2NNC(=S)N2c2ccc(O)cc2)cc1. The highest BCUT2D eigenvalue weighted by molar-refractivity contribution is 7.80. The molecular formula is C14H14N8O2S2Si+2. The number of benzene rings is 2. The highest BCUT2D eigenvalue weighted by atomic mass is 32.1. The fourth-order valence-corrected chi connectivity index (χ4v) is 4.08. The molecule has 0 unspecified atom stereocenters. The Labute approximate surface area is 167 Å². The smallest absolute Gasteiger partial charge is 0.508 e. The Hall–Kier alpha value is -2.52. The molecule has 0 atom stereocenters. The molecule has 2 aliphatic rings. The van der Waals surface area contributed by atoms with Gasteiger partial charge in [0.1, 0.15) is 11.5 Å². The molecule has 6 N–H and O–H groups in total. The summed E-state index contributed by atoms with van der Waals surface area (Å²) >= 11 is 10.7. The van der Waals surface area contributed by atoms with Gasteiger partial charge in [-0.2, -0.15) is 10.0 Å². The maximum atomic E-state index is 9.51. The van der Waals surface area contributed by atoms with Crippen molar-refractivity contribution in [1.29, 1.82) is 0 Å². The Kier molecular flexibility index (Phi) is 4.79. The first kappa shape index (κ1) is 17.9. The van der Waals surface area contributed by atoms with E-state index in [0.717, 1.165) is 11.4 Å². The molecule has 4 rings (SSSR count). The molecule has 0 aliphatic carbocycles. The van der Waals surface area contributed by atoms with E-state index in [1.807, 2.05) is 0 Å². The standard InChI is InChI=1S/C14H14N8O2S2Si/c23-11-5-1-9(2-6-11)19-13(25)15-17-21(19)27-22-18-16-14(26)20(22)10-3-7-12(24)8-4-10/h1-8,17-18,23-24H,(H,15,25)(H,16,26)/q+2. The van der Waals surface area contributed by atoms with Gasteiger partial charge < -0.3 is 10.2 Å². The lowest BCUT2D eigenvalue weighted by Crippen LogP contribution is -2.58. The summed E-state index contributed by atoms with van der Waals surface area (Å²) in [5.74, 6) is 0.348. The maximum Gasteiger partial charge on any atom is 1.31 e. The van der Waals surface area contributed by atoms with Crippen LogP contribution in [0.15, 0.2) is 48.5 Å². The number of hydrogen-bond donors (Lipinski definition) is 6. The zero-order valence-corrected chi connectivity index (χ0v) is 16.3. The molecule has 0 amide bonds. The van der Waals surface area contributed by atoms with Gasteiger partial charge in [-0.1, -0.05) is 11.1 Å². The fourth-order valence-electron chi connectivity index (χ4n) is 2.47. The minimum absolute atomic E-state index is 0.0111. The monoisotopic (exact) mass is 418 g/mol. The van der Waals surface area contributed by atoms with E-state index in [1.54, 1.807) is 68.1 Å². The van der Waals surface area contributed by atoms with Crippen LogP contribution in [0.2, 0.25) is 0 Å². The van der Waals surface area contributed by atoms with E-state index in [2.05, 4.69) is 21.9 Å². The molecular weight excluding hydrogens is 404 g/mol. The summed E-state index contributed by atoms with van der Waals surface area (Å²) in [7, 11) is -0.0111. The van der Waals surface area contributed by atoms with Gasteiger partial charge in [0.25, 0.3) is 0 Å². The van der Waals surface area contributed by atoms with Crippen LogP contribution >= 0.6 is 24.4 Å². The molecule has 0 bridgehead atoms. The number of anilines is 2. The van der Waals surface area contributed by atoms with Crippen LogP contribution in [0.4, 0.5) is 11.4 Å². The van der Waals surface area contributed by atoms with Gasteiger partial charge >= 0.3 is 9.84 Å². The highest BCUT2D eigenvalue weighted by Crippen LogP contribution is 2.23. The van der Waals surface area contributed by atoms with Gasteiger partial charge in [-0.3, -0.25) is 10.9 Å². The summed E-state index contributed by atoms with van der Waals surface area (Å²) in [6, 6.07) is 13.4. The molecule has 0 radical (unpaired) electrons. The highest BCUT2D eigenvalue weighted by Gasteiger charge is 2.70. The van der Waals surface area contributed by atoms with Crippen LogP contribution in [0.5, 0.6) is 11.5 Å². The average Bonchev–Trinajstić information content (AvgIpc) is 3.20. The molecule has 0 spiro atoms. The molecule has 2 heterocycles. The Morgan fingerprint density at radius 2 is 1.04 bits per heavy atom. The Bertz CT molecular complexity index is 797. The zero-order chi connectivity index (χ0) is 19.0. The second-order valence-electron chi connectivity index (χ2n) is 5.46. The quantitative estimate of drug-likeness (QED) is 0.298. The summed E-state index contributed by atoms with van der Waals surface area (Å²) in [5.41, 5.74) is 13.3. The van der Waals surface area contributed by atoms with E-state index in [9.17, 15) is 10.2 Å². The van der Waals surface area contributed by atoms with Crippen LogP contribution in [0, 0.1) is 0 Å². The largest absolute Gasteiger partial charge is 1.31 e. The van der Waals surface area contributed by atoms with Gasteiger partial charge in [-0.25, -0.2) is 0 Å². The average molecular weight is 419 g/mol. The van der Waals surface area contributed by atoms with E-state index in [0.29, 0.717) is 10.2 Å². The molecule has 27 heavy (non-hydrogen) atoms. The molecule has 0 aromatic heterocycles. The van der Waals surface area contributed by atoms with Gasteiger partial charge in [0.2, 0.25) is 19.8 Å². The number of phenols is 2. The van der Waals surface area contributed by atoms with Crippen LogP contribution in [0.25, 0.3) is 0 Å². The van der Waals surface area contributed by atoms with Crippen molar-refractivity contribution in [3.8, 4) is 11.5 Å². The Balaban J connectivity index is 1.56. The van der Waals surface area contributed by atoms with Gasteiger partial charge in [0, 0.05) is 0 Å². The van der Waals surface area contributed by atoms with Gasteiger partial charge in [0.15, 0.2) is 0 Å². The number of thiocarbonyl (C=S) groups is 2. The maximum absolute atomic E-state index is 9.51. The van der Waals surface area contributed by atoms with E-state index in [-0.39, 0.29) is 21.3 Å². The van der Waals surface area contributed by atoms with Crippen LogP contribution in [-0.2, 0) is 0 Å². The summed E-state index contributed by atoms with van der Waals surface area (Å²) < 4.78 is 0. The Morgan fingerprint density at radius 3 is 1.41 bits per heavy atom. The first-order valence-corrected chi connectivity index (χ1v) is 9.40. The third kappa shape index (κ3) is 3.52. The first-order valence-electron chi connectivity index (χ1n) is 7.69. The molecule has 136 valence electrons. The second-order valence-corrected chi connectivity index (χ2v) is 7.28. The van der Waals surface area contributed by atoms with Crippen LogP contribution < -0.4 is 31.9 Å². The number of rotatable bonds is 4. The summed E-state index contributed by atoms with van der Waals surface area (Å²) in [6.45, 7) is 0. The minimum atomic E-state index is -0.0111. The predicted octanol–water partition coefficient (Wildman–Crippen LogP) is -0.00560. The normalized spacial score (nSPS) is 17.8. The molecule has 2 saturated heterocycles. The van der Waals surface area contributed by atoms with E-state index in [4.69, 9.17) is 24.4 Å². The zero-order valence-electron chi connectivity index (χ0n) is 13.6.